The SMILES string of the molecule is CCOC(=O)CCC(O)c1ccccc1C(F)(F)F. The number of hydrogen-bond donors (Lipinski definition) is 1. The quantitative estimate of drug-likeness (QED) is 0.841. The Hall–Kier alpha value is -1.56. The van der Waals surface area contributed by atoms with E-state index >= 15 is 0 Å². The first-order valence-corrected chi connectivity index (χ1v) is 5.86. The van der Waals surface area contributed by atoms with Crippen LogP contribution < -0.4 is 0 Å². The Kier molecular flexibility index (Phi) is 5.35. The maximum absolute atomic E-state index is 12.7. The first kappa shape index (κ1) is 15.5. The first-order chi connectivity index (χ1) is 8.86. The van der Waals surface area contributed by atoms with Crippen molar-refractivity contribution >= 4 is 5.97 Å². The van der Waals surface area contributed by atoms with Gasteiger partial charge in [0.2, 0.25) is 0 Å². The number of esters is 1. The van der Waals surface area contributed by atoms with Crippen molar-refractivity contribution in [3.8, 4) is 0 Å². The molecule has 1 atom stereocenters. The van der Waals surface area contributed by atoms with Gasteiger partial charge in [0.25, 0.3) is 0 Å². The van der Waals surface area contributed by atoms with E-state index in [2.05, 4.69) is 4.74 Å². The minimum absolute atomic E-state index is 0.105. The highest BCUT2D eigenvalue weighted by Gasteiger charge is 2.34. The van der Waals surface area contributed by atoms with Gasteiger partial charge < -0.3 is 9.84 Å². The van der Waals surface area contributed by atoms with Crippen molar-refractivity contribution in [1.29, 1.82) is 0 Å². The molecule has 0 saturated carbocycles. The van der Waals surface area contributed by atoms with E-state index in [0.29, 0.717) is 0 Å². The molecule has 0 aromatic heterocycles. The number of hydrogen-bond acceptors (Lipinski definition) is 3. The van der Waals surface area contributed by atoms with Crippen molar-refractivity contribution < 1.29 is 27.8 Å². The fourth-order valence-electron chi connectivity index (χ4n) is 1.69. The van der Waals surface area contributed by atoms with E-state index in [0.717, 1.165) is 6.07 Å². The van der Waals surface area contributed by atoms with Gasteiger partial charge in [0.05, 0.1) is 18.3 Å². The molecule has 1 rings (SSSR count). The predicted octanol–water partition coefficient (Wildman–Crippen LogP) is 3.08. The van der Waals surface area contributed by atoms with Crippen LogP contribution in [0.3, 0.4) is 0 Å². The Bertz CT molecular complexity index is 429. The maximum Gasteiger partial charge on any atom is 0.416 e. The third-order valence-electron chi connectivity index (χ3n) is 2.55. The summed E-state index contributed by atoms with van der Waals surface area (Å²) in [6.07, 6.45) is -6.10. The Labute approximate surface area is 109 Å². The van der Waals surface area contributed by atoms with Crippen LogP contribution in [0.2, 0.25) is 0 Å². The fourth-order valence-corrected chi connectivity index (χ4v) is 1.69. The normalized spacial score (nSPS) is 13.1. The van der Waals surface area contributed by atoms with Gasteiger partial charge in [-0.15, -0.1) is 0 Å². The molecule has 6 heteroatoms. The van der Waals surface area contributed by atoms with E-state index in [9.17, 15) is 23.1 Å². The van der Waals surface area contributed by atoms with E-state index < -0.39 is 23.8 Å². The first-order valence-electron chi connectivity index (χ1n) is 5.86. The summed E-state index contributed by atoms with van der Waals surface area (Å²) in [5.74, 6) is -0.536. The Morgan fingerprint density at radius 2 is 2.00 bits per heavy atom. The highest BCUT2D eigenvalue weighted by molar-refractivity contribution is 5.69. The van der Waals surface area contributed by atoms with Crippen molar-refractivity contribution in [2.75, 3.05) is 6.61 Å². The molecule has 1 aromatic carbocycles. The average Bonchev–Trinajstić information content (AvgIpc) is 2.35. The molecule has 19 heavy (non-hydrogen) atoms. The lowest BCUT2D eigenvalue weighted by molar-refractivity contribution is -0.143. The highest BCUT2D eigenvalue weighted by Crippen LogP contribution is 2.35. The van der Waals surface area contributed by atoms with Gasteiger partial charge in [-0.2, -0.15) is 13.2 Å². The zero-order chi connectivity index (χ0) is 14.5. The molecule has 0 aliphatic rings. The third-order valence-corrected chi connectivity index (χ3v) is 2.55. The van der Waals surface area contributed by atoms with Gasteiger partial charge in [-0.25, -0.2) is 0 Å². The van der Waals surface area contributed by atoms with E-state index in [-0.39, 0.29) is 25.0 Å². The number of carbonyl (C=O) groups is 1. The average molecular weight is 276 g/mol. The van der Waals surface area contributed by atoms with Crippen LogP contribution in [0, 0.1) is 0 Å². The summed E-state index contributed by atoms with van der Waals surface area (Å²) < 4.78 is 42.8. The lowest BCUT2D eigenvalue weighted by atomic mass is 9.99. The minimum Gasteiger partial charge on any atom is -0.466 e. The fraction of sp³-hybridized carbons (Fsp3) is 0.462. The summed E-state index contributed by atoms with van der Waals surface area (Å²) in [7, 11) is 0. The molecule has 1 unspecified atom stereocenters. The molecule has 1 aromatic rings. The van der Waals surface area contributed by atoms with Crippen molar-refractivity contribution in [1.82, 2.24) is 0 Å². The number of alkyl halides is 3. The molecule has 0 radical (unpaired) electrons. The molecule has 0 aliphatic heterocycles. The number of aliphatic hydroxyl groups is 1. The van der Waals surface area contributed by atoms with E-state index in [1.54, 1.807) is 6.92 Å². The smallest absolute Gasteiger partial charge is 0.416 e. The van der Waals surface area contributed by atoms with Gasteiger partial charge >= 0.3 is 12.1 Å². The molecule has 0 amide bonds. The third kappa shape index (κ3) is 4.55. The van der Waals surface area contributed by atoms with Gasteiger partial charge in [0, 0.05) is 6.42 Å². The summed E-state index contributed by atoms with van der Waals surface area (Å²) in [4.78, 5) is 11.1. The number of benzene rings is 1. The van der Waals surface area contributed by atoms with Crippen LogP contribution in [-0.2, 0) is 15.7 Å². The maximum atomic E-state index is 12.7. The summed E-state index contributed by atoms with van der Waals surface area (Å²) in [5, 5.41) is 9.77. The van der Waals surface area contributed by atoms with Gasteiger partial charge in [0.15, 0.2) is 0 Å². The molecule has 1 N–H and O–H groups in total. The van der Waals surface area contributed by atoms with Crippen molar-refractivity contribution in [2.45, 2.75) is 32.0 Å². The van der Waals surface area contributed by atoms with Crippen LogP contribution in [0.15, 0.2) is 24.3 Å². The number of ether oxygens (including phenoxy) is 1. The van der Waals surface area contributed by atoms with Gasteiger partial charge in [-0.05, 0) is 25.0 Å². The molecule has 106 valence electrons. The van der Waals surface area contributed by atoms with Crippen LogP contribution in [0.4, 0.5) is 13.2 Å². The zero-order valence-electron chi connectivity index (χ0n) is 10.4. The van der Waals surface area contributed by atoms with Crippen molar-refractivity contribution in [3.05, 3.63) is 35.4 Å². The van der Waals surface area contributed by atoms with Crippen molar-refractivity contribution in [3.63, 3.8) is 0 Å². The largest absolute Gasteiger partial charge is 0.466 e. The second-order valence-electron chi connectivity index (χ2n) is 3.94. The van der Waals surface area contributed by atoms with Crippen LogP contribution in [0.25, 0.3) is 0 Å². The van der Waals surface area contributed by atoms with E-state index in [1.165, 1.54) is 18.2 Å². The van der Waals surface area contributed by atoms with Crippen LogP contribution in [-0.4, -0.2) is 17.7 Å². The molecule has 0 aliphatic carbocycles. The molecule has 0 saturated heterocycles. The molecule has 0 bridgehead atoms. The van der Waals surface area contributed by atoms with Crippen LogP contribution >= 0.6 is 0 Å². The summed E-state index contributed by atoms with van der Waals surface area (Å²) in [5.41, 5.74) is -1.11. The molecule has 0 heterocycles. The summed E-state index contributed by atoms with van der Waals surface area (Å²) >= 11 is 0. The number of rotatable bonds is 5. The zero-order valence-corrected chi connectivity index (χ0v) is 10.4. The Morgan fingerprint density at radius 3 is 2.58 bits per heavy atom. The minimum atomic E-state index is -4.53. The number of aliphatic hydroxyl groups excluding tert-OH is 1. The van der Waals surface area contributed by atoms with Crippen LogP contribution in [0.1, 0.15) is 37.0 Å². The Morgan fingerprint density at radius 1 is 1.37 bits per heavy atom. The second-order valence-corrected chi connectivity index (χ2v) is 3.94. The molecule has 0 spiro atoms. The van der Waals surface area contributed by atoms with E-state index in [1.807, 2.05) is 0 Å². The van der Waals surface area contributed by atoms with Crippen molar-refractivity contribution in [2.24, 2.45) is 0 Å². The Balaban J connectivity index is 2.77. The second kappa shape index (κ2) is 6.56. The lowest BCUT2D eigenvalue weighted by Crippen LogP contribution is -2.13. The molecule has 0 fully saturated rings. The summed E-state index contributed by atoms with van der Waals surface area (Å²) in [6, 6.07) is 4.78. The lowest BCUT2D eigenvalue weighted by Gasteiger charge is -2.17. The van der Waals surface area contributed by atoms with E-state index in [4.69, 9.17) is 0 Å². The standard InChI is InChI=1S/C13H15F3O3/c1-2-19-12(18)8-7-11(17)9-5-3-4-6-10(9)13(14,15)16/h3-6,11,17H,2,7-8H2,1H3. The van der Waals surface area contributed by atoms with Gasteiger partial charge in [-0.1, -0.05) is 18.2 Å². The summed E-state index contributed by atoms with van der Waals surface area (Å²) in [6.45, 7) is 1.83. The molecular weight excluding hydrogens is 261 g/mol. The topological polar surface area (TPSA) is 46.5 Å². The monoisotopic (exact) mass is 276 g/mol. The van der Waals surface area contributed by atoms with Crippen LogP contribution in [0.5, 0.6) is 0 Å². The van der Waals surface area contributed by atoms with Gasteiger partial charge in [-0.3, -0.25) is 4.79 Å². The number of carbonyl (C=O) groups excluding carboxylic acids is 1. The van der Waals surface area contributed by atoms with Gasteiger partial charge in [0.1, 0.15) is 0 Å². The number of halogens is 3. The predicted molar refractivity (Wildman–Crippen MR) is 62.3 cm³/mol. The highest BCUT2D eigenvalue weighted by atomic mass is 19.4. The molecular formula is C13H15F3O3. The molecule has 3 nitrogen and oxygen atoms in total.